The Morgan fingerprint density at radius 1 is 0.750 bits per heavy atom. The molecule has 1 aliphatic heterocycles. The van der Waals surface area contributed by atoms with Crippen LogP contribution in [0.3, 0.4) is 0 Å². The molecule has 1 saturated heterocycles. The lowest BCUT2D eigenvalue weighted by atomic mass is 10.1. The molecule has 1 aliphatic rings. The van der Waals surface area contributed by atoms with Crippen LogP contribution < -0.4 is 4.74 Å². The van der Waals surface area contributed by atoms with Gasteiger partial charge in [-0.15, -0.1) is 0 Å². The van der Waals surface area contributed by atoms with Gasteiger partial charge in [0.1, 0.15) is 6.61 Å². The van der Waals surface area contributed by atoms with Crippen molar-refractivity contribution in [3.8, 4) is 6.01 Å². The van der Waals surface area contributed by atoms with Gasteiger partial charge in [-0.25, -0.2) is 0 Å². The number of hydrogen-bond acceptors (Lipinski definition) is 7. The maximum Gasteiger partial charge on any atom is 0.321 e. The molecule has 1 aromatic heterocycles. The van der Waals surface area contributed by atoms with Crippen molar-refractivity contribution >= 4 is 23.5 Å². The molecule has 0 spiro atoms. The number of rotatable bonds is 22. The highest BCUT2D eigenvalue weighted by molar-refractivity contribution is 7.99. The average molecular weight is 537 g/mol. The molecule has 0 aliphatic carbocycles. The molecule has 5 nitrogen and oxygen atoms in total. The molecule has 0 saturated carbocycles. The fourth-order valence-electron chi connectivity index (χ4n) is 4.50. The monoisotopic (exact) mass is 536 g/mol. The lowest BCUT2D eigenvalue weighted by molar-refractivity contribution is 0.175. The smallest absolute Gasteiger partial charge is 0.321 e. The minimum absolute atomic E-state index is 0.481. The van der Waals surface area contributed by atoms with Crippen molar-refractivity contribution in [1.29, 1.82) is 0 Å². The van der Waals surface area contributed by atoms with E-state index in [1.165, 1.54) is 122 Å². The Bertz CT molecular complexity index is 683. The lowest BCUT2D eigenvalue weighted by Gasteiger charge is -2.25. The number of unbranched alkanes of at least 4 members (excludes halogenated alkanes) is 12. The zero-order valence-electron chi connectivity index (χ0n) is 23.2. The molecule has 36 heavy (non-hydrogen) atoms. The van der Waals surface area contributed by atoms with E-state index in [1.54, 1.807) is 23.5 Å². The highest BCUT2D eigenvalue weighted by Gasteiger charge is 2.11. The summed E-state index contributed by atoms with van der Waals surface area (Å²) in [5, 5.41) is 1.55. The van der Waals surface area contributed by atoms with Crippen LogP contribution in [0.2, 0.25) is 0 Å². The van der Waals surface area contributed by atoms with Gasteiger partial charge < -0.3 is 4.74 Å². The van der Waals surface area contributed by atoms with E-state index in [0.717, 1.165) is 22.6 Å². The quantitative estimate of drug-likeness (QED) is 0.0835. The maximum atomic E-state index is 5.89. The second-order valence-electron chi connectivity index (χ2n) is 9.92. The number of nitrogens with zero attached hydrogens (tertiary/aromatic N) is 4. The number of ether oxygens (including phenoxy) is 1. The molecule has 1 fully saturated rings. The number of allylic oxidation sites excluding steroid dienone is 2. The van der Waals surface area contributed by atoms with Gasteiger partial charge in [-0.1, -0.05) is 107 Å². The van der Waals surface area contributed by atoms with Gasteiger partial charge in [0.2, 0.25) is 0 Å². The largest absolute Gasteiger partial charge is 0.462 e. The summed E-state index contributed by atoms with van der Waals surface area (Å²) in [5.74, 6) is 1.06. The van der Waals surface area contributed by atoms with E-state index in [-0.39, 0.29) is 0 Å². The summed E-state index contributed by atoms with van der Waals surface area (Å²) in [6, 6.07) is 0.481. The standard InChI is InChI=1S/C29H52N4OS2/c1-3-4-5-6-7-8-9-10-11-12-13-14-15-16-17-21-26-36-29-31-27(30-28(32-29)35-2)34-25-24-33-22-19-18-20-23-33/h10-11H,3-9,12-26H2,1-2H3/b11-10-. The summed E-state index contributed by atoms with van der Waals surface area (Å²) in [7, 11) is 0. The van der Waals surface area contributed by atoms with Crippen molar-refractivity contribution in [2.45, 2.75) is 126 Å². The molecule has 0 N–H and O–H groups in total. The van der Waals surface area contributed by atoms with E-state index < -0.39 is 0 Å². The first kappa shape index (κ1) is 31.4. The number of thioether (sulfide) groups is 2. The summed E-state index contributed by atoms with van der Waals surface area (Å²) in [4.78, 5) is 16.0. The third kappa shape index (κ3) is 16.1. The zero-order valence-corrected chi connectivity index (χ0v) is 24.9. The predicted octanol–water partition coefficient (Wildman–Crippen LogP) is 8.59. The van der Waals surface area contributed by atoms with Crippen LogP contribution in [0.25, 0.3) is 0 Å². The zero-order chi connectivity index (χ0) is 25.5. The number of aromatic nitrogens is 3. The van der Waals surface area contributed by atoms with Gasteiger partial charge in [-0.3, -0.25) is 4.90 Å². The molecule has 0 bridgehead atoms. The number of piperidine rings is 1. The van der Waals surface area contributed by atoms with E-state index in [1.807, 2.05) is 6.26 Å². The van der Waals surface area contributed by atoms with E-state index in [0.29, 0.717) is 12.6 Å². The molecule has 1 aromatic rings. The van der Waals surface area contributed by atoms with Gasteiger partial charge in [0, 0.05) is 12.3 Å². The SMILES string of the molecule is CCCCCCCC/C=C\CCCCCCCCSc1nc(OCCN2CCCCC2)nc(SC)n1. The van der Waals surface area contributed by atoms with Crippen molar-refractivity contribution in [1.82, 2.24) is 19.9 Å². The van der Waals surface area contributed by atoms with Crippen LogP contribution in [0.5, 0.6) is 6.01 Å². The Balaban J connectivity index is 1.46. The van der Waals surface area contributed by atoms with Crippen LogP contribution in [-0.2, 0) is 0 Å². The Morgan fingerprint density at radius 2 is 1.36 bits per heavy atom. The van der Waals surface area contributed by atoms with Gasteiger partial charge in [0.15, 0.2) is 10.3 Å². The highest BCUT2D eigenvalue weighted by atomic mass is 32.2. The molecular formula is C29H52N4OS2. The van der Waals surface area contributed by atoms with Crippen molar-refractivity contribution in [3.63, 3.8) is 0 Å². The molecule has 0 atom stereocenters. The van der Waals surface area contributed by atoms with Crippen LogP contribution in [-0.4, -0.2) is 58.1 Å². The second kappa shape index (κ2) is 22.2. The fraction of sp³-hybridized carbons (Fsp3) is 0.828. The van der Waals surface area contributed by atoms with Crippen LogP contribution in [0.4, 0.5) is 0 Å². The van der Waals surface area contributed by atoms with Crippen LogP contribution >= 0.6 is 23.5 Å². The third-order valence-corrected chi connectivity index (χ3v) is 8.21. The van der Waals surface area contributed by atoms with Gasteiger partial charge in [-0.2, -0.15) is 15.0 Å². The molecule has 0 radical (unpaired) electrons. The normalized spacial score (nSPS) is 14.6. The average Bonchev–Trinajstić information content (AvgIpc) is 2.91. The molecule has 206 valence electrons. The van der Waals surface area contributed by atoms with Crippen molar-refractivity contribution in [3.05, 3.63) is 12.2 Å². The molecule has 2 rings (SSSR count). The van der Waals surface area contributed by atoms with Crippen molar-refractivity contribution in [2.24, 2.45) is 0 Å². The summed E-state index contributed by atoms with van der Waals surface area (Å²) < 4.78 is 5.89. The topological polar surface area (TPSA) is 51.1 Å². The Morgan fingerprint density at radius 3 is 2.03 bits per heavy atom. The van der Waals surface area contributed by atoms with Gasteiger partial charge >= 0.3 is 6.01 Å². The predicted molar refractivity (Wildman–Crippen MR) is 158 cm³/mol. The molecule has 0 aromatic carbocycles. The van der Waals surface area contributed by atoms with Crippen LogP contribution in [0, 0.1) is 0 Å². The molecule has 0 amide bonds. The van der Waals surface area contributed by atoms with Crippen molar-refractivity contribution < 1.29 is 4.74 Å². The van der Waals surface area contributed by atoms with Crippen LogP contribution in [0.1, 0.15) is 116 Å². The summed E-state index contributed by atoms with van der Waals surface area (Å²) in [5.41, 5.74) is 0. The number of hydrogen-bond donors (Lipinski definition) is 0. The summed E-state index contributed by atoms with van der Waals surface area (Å²) in [6.07, 6.45) is 29.6. The van der Waals surface area contributed by atoms with Gasteiger partial charge in [0.05, 0.1) is 0 Å². The van der Waals surface area contributed by atoms with Gasteiger partial charge in [0.25, 0.3) is 0 Å². The third-order valence-electron chi connectivity index (χ3n) is 6.73. The first-order valence-electron chi connectivity index (χ1n) is 14.7. The minimum Gasteiger partial charge on any atom is -0.462 e. The molecular weight excluding hydrogens is 484 g/mol. The highest BCUT2D eigenvalue weighted by Crippen LogP contribution is 2.21. The van der Waals surface area contributed by atoms with E-state index >= 15 is 0 Å². The van der Waals surface area contributed by atoms with Crippen molar-refractivity contribution in [2.75, 3.05) is 38.2 Å². The van der Waals surface area contributed by atoms with Crippen LogP contribution in [0.15, 0.2) is 22.5 Å². The summed E-state index contributed by atoms with van der Waals surface area (Å²) in [6.45, 7) is 6.27. The molecule has 0 unspecified atom stereocenters. The second-order valence-corrected chi connectivity index (χ2v) is 11.8. The fourth-order valence-corrected chi connectivity index (χ4v) is 5.73. The van der Waals surface area contributed by atoms with E-state index in [4.69, 9.17) is 4.74 Å². The Kier molecular flexibility index (Phi) is 19.4. The molecule has 2 heterocycles. The lowest BCUT2D eigenvalue weighted by Crippen LogP contribution is -2.33. The first-order valence-corrected chi connectivity index (χ1v) is 17.0. The van der Waals surface area contributed by atoms with E-state index in [9.17, 15) is 0 Å². The Labute approximate surface area is 230 Å². The molecule has 7 heteroatoms. The Hall–Kier alpha value is -0.790. The first-order chi connectivity index (χ1) is 17.8. The van der Waals surface area contributed by atoms with E-state index in [2.05, 4.69) is 38.9 Å². The minimum atomic E-state index is 0.481. The number of likely N-dealkylation sites (tertiary alicyclic amines) is 1. The maximum absolute atomic E-state index is 5.89. The van der Waals surface area contributed by atoms with Gasteiger partial charge in [-0.05, 0) is 64.3 Å². The summed E-state index contributed by atoms with van der Waals surface area (Å²) >= 11 is 3.29.